The SMILES string of the molecule is COc1ccc(Br)c(C(Br)Cc2cc(C)ccc2C)c1. The molecule has 2 aromatic carbocycles. The van der Waals surface area contributed by atoms with Crippen LogP contribution in [0.3, 0.4) is 0 Å². The third kappa shape index (κ3) is 3.64. The van der Waals surface area contributed by atoms with Crippen molar-refractivity contribution in [2.24, 2.45) is 0 Å². The van der Waals surface area contributed by atoms with Crippen molar-refractivity contribution in [3.63, 3.8) is 0 Å². The van der Waals surface area contributed by atoms with E-state index in [1.54, 1.807) is 7.11 Å². The summed E-state index contributed by atoms with van der Waals surface area (Å²) in [6.45, 7) is 4.29. The van der Waals surface area contributed by atoms with Crippen LogP contribution in [0.1, 0.15) is 27.1 Å². The molecule has 0 spiro atoms. The van der Waals surface area contributed by atoms with Crippen LogP contribution < -0.4 is 4.74 Å². The first-order valence-corrected chi connectivity index (χ1v) is 8.25. The molecule has 0 heterocycles. The number of hydrogen-bond acceptors (Lipinski definition) is 1. The minimum Gasteiger partial charge on any atom is -0.497 e. The van der Waals surface area contributed by atoms with Crippen molar-refractivity contribution < 1.29 is 4.74 Å². The number of benzene rings is 2. The highest BCUT2D eigenvalue weighted by Gasteiger charge is 2.14. The van der Waals surface area contributed by atoms with E-state index in [2.05, 4.69) is 70.0 Å². The molecule has 0 aliphatic heterocycles. The summed E-state index contributed by atoms with van der Waals surface area (Å²) in [5.74, 6) is 0.883. The van der Waals surface area contributed by atoms with Gasteiger partial charge in [0, 0.05) is 9.30 Å². The molecule has 106 valence electrons. The van der Waals surface area contributed by atoms with E-state index in [1.807, 2.05) is 12.1 Å². The van der Waals surface area contributed by atoms with Crippen LogP contribution in [0, 0.1) is 13.8 Å². The highest BCUT2D eigenvalue weighted by Crippen LogP contribution is 2.35. The number of methoxy groups -OCH3 is 1. The molecule has 1 unspecified atom stereocenters. The number of hydrogen-bond donors (Lipinski definition) is 0. The van der Waals surface area contributed by atoms with E-state index < -0.39 is 0 Å². The van der Waals surface area contributed by atoms with Crippen LogP contribution in [0.5, 0.6) is 5.75 Å². The van der Waals surface area contributed by atoms with Crippen molar-refractivity contribution in [2.45, 2.75) is 25.1 Å². The Labute approximate surface area is 137 Å². The molecule has 1 atom stereocenters. The zero-order valence-corrected chi connectivity index (χ0v) is 15.1. The monoisotopic (exact) mass is 396 g/mol. The lowest BCUT2D eigenvalue weighted by Gasteiger charge is -2.15. The van der Waals surface area contributed by atoms with Gasteiger partial charge in [-0.1, -0.05) is 55.6 Å². The largest absolute Gasteiger partial charge is 0.497 e. The quantitative estimate of drug-likeness (QED) is 0.596. The van der Waals surface area contributed by atoms with E-state index in [9.17, 15) is 0 Å². The molecule has 0 N–H and O–H groups in total. The summed E-state index contributed by atoms with van der Waals surface area (Å²) < 4.78 is 6.41. The molecule has 0 amide bonds. The summed E-state index contributed by atoms with van der Waals surface area (Å²) in [6, 6.07) is 12.7. The third-order valence-corrected chi connectivity index (χ3v) is 4.98. The lowest BCUT2D eigenvalue weighted by molar-refractivity contribution is 0.414. The van der Waals surface area contributed by atoms with Gasteiger partial charge in [0.15, 0.2) is 0 Å². The van der Waals surface area contributed by atoms with Gasteiger partial charge >= 0.3 is 0 Å². The van der Waals surface area contributed by atoms with E-state index in [1.165, 1.54) is 22.3 Å². The maximum absolute atomic E-state index is 5.31. The van der Waals surface area contributed by atoms with Gasteiger partial charge in [-0.3, -0.25) is 0 Å². The molecule has 2 rings (SSSR count). The number of rotatable bonds is 4. The lowest BCUT2D eigenvalue weighted by atomic mass is 9.98. The molecular formula is C17H18Br2O. The van der Waals surface area contributed by atoms with Crippen LogP contribution in [0.2, 0.25) is 0 Å². The molecule has 3 heteroatoms. The van der Waals surface area contributed by atoms with Crippen molar-refractivity contribution in [2.75, 3.05) is 7.11 Å². The molecule has 0 aromatic heterocycles. The van der Waals surface area contributed by atoms with E-state index in [0.717, 1.165) is 16.6 Å². The Hall–Kier alpha value is -0.800. The molecule has 20 heavy (non-hydrogen) atoms. The Morgan fingerprint density at radius 2 is 1.85 bits per heavy atom. The molecule has 0 saturated heterocycles. The zero-order chi connectivity index (χ0) is 14.7. The van der Waals surface area contributed by atoms with Crippen molar-refractivity contribution in [3.8, 4) is 5.75 Å². The lowest BCUT2D eigenvalue weighted by Crippen LogP contribution is -2.00. The normalized spacial score (nSPS) is 12.2. The minimum atomic E-state index is 0.257. The van der Waals surface area contributed by atoms with Gasteiger partial charge < -0.3 is 4.74 Å². The van der Waals surface area contributed by atoms with Gasteiger partial charge in [0.05, 0.1) is 7.11 Å². The number of ether oxygens (including phenoxy) is 1. The van der Waals surface area contributed by atoms with Crippen LogP contribution in [-0.2, 0) is 6.42 Å². The van der Waals surface area contributed by atoms with Crippen molar-refractivity contribution in [3.05, 3.63) is 63.1 Å². The smallest absolute Gasteiger partial charge is 0.119 e. The highest BCUT2D eigenvalue weighted by molar-refractivity contribution is 9.11. The van der Waals surface area contributed by atoms with E-state index in [4.69, 9.17) is 4.74 Å². The first-order valence-electron chi connectivity index (χ1n) is 6.55. The second kappa shape index (κ2) is 6.77. The standard InChI is InChI=1S/C17H18Br2O/c1-11-4-5-12(2)13(8-11)9-17(19)15-10-14(20-3)6-7-16(15)18/h4-8,10,17H,9H2,1-3H3. The van der Waals surface area contributed by atoms with Crippen LogP contribution in [0.4, 0.5) is 0 Å². The average Bonchev–Trinajstić information content (AvgIpc) is 2.43. The van der Waals surface area contributed by atoms with Gasteiger partial charge in [-0.15, -0.1) is 0 Å². The predicted octanol–water partition coefficient (Wildman–Crippen LogP) is 5.75. The van der Waals surface area contributed by atoms with Gasteiger partial charge in [0.25, 0.3) is 0 Å². The topological polar surface area (TPSA) is 9.23 Å². The maximum atomic E-state index is 5.31. The van der Waals surface area contributed by atoms with Crippen LogP contribution in [-0.4, -0.2) is 7.11 Å². The Kier molecular flexibility index (Phi) is 5.28. The molecule has 0 aliphatic rings. The van der Waals surface area contributed by atoms with Crippen molar-refractivity contribution in [1.29, 1.82) is 0 Å². The molecule has 0 bridgehead atoms. The minimum absolute atomic E-state index is 0.257. The van der Waals surface area contributed by atoms with Crippen molar-refractivity contribution >= 4 is 31.9 Å². The van der Waals surface area contributed by atoms with Crippen LogP contribution in [0.15, 0.2) is 40.9 Å². The molecule has 2 aromatic rings. The summed E-state index contributed by atoms with van der Waals surface area (Å²) in [4.78, 5) is 0.257. The van der Waals surface area contributed by atoms with Crippen LogP contribution >= 0.6 is 31.9 Å². The number of alkyl halides is 1. The average molecular weight is 398 g/mol. The maximum Gasteiger partial charge on any atom is 0.119 e. The summed E-state index contributed by atoms with van der Waals surface area (Å²) in [6.07, 6.45) is 0.958. The molecular weight excluding hydrogens is 380 g/mol. The predicted molar refractivity (Wildman–Crippen MR) is 92.0 cm³/mol. The Balaban J connectivity index is 2.27. The van der Waals surface area contributed by atoms with Gasteiger partial charge in [-0.05, 0) is 55.2 Å². The van der Waals surface area contributed by atoms with Crippen LogP contribution in [0.25, 0.3) is 0 Å². The fourth-order valence-corrected chi connectivity index (χ4v) is 3.77. The third-order valence-electron chi connectivity index (χ3n) is 3.44. The highest BCUT2D eigenvalue weighted by atomic mass is 79.9. The summed E-state index contributed by atoms with van der Waals surface area (Å²) in [5, 5.41) is 0. The van der Waals surface area contributed by atoms with Crippen molar-refractivity contribution in [1.82, 2.24) is 0 Å². The second-order valence-corrected chi connectivity index (χ2v) is 6.95. The Morgan fingerprint density at radius 1 is 1.10 bits per heavy atom. The van der Waals surface area contributed by atoms with Gasteiger partial charge in [-0.25, -0.2) is 0 Å². The van der Waals surface area contributed by atoms with E-state index in [-0.39, 0.29) is 4.83 Å². The van der Waals surface area contributed by atoms with Gasteiger partial charge in [-0.2, -0.15) is 0 Å². The molecule has 0 radical (unpaired) electrons. The second-order valence-electron chi connectivity index (χ2n) is 4.99. The number of halogens is 2. The van der Waals surface area contributed by atoms with E-state index in [0.29, 0.717) is 0 Å². The first kappa shape index (κ1) is 15.6. The summed E-state index contributed by atoms with van der Waals surface area (Å²) in [5.41, 5.74) is 5.22. The van der Waals surface area contributed by atoms with Gasteiger partial charge in [0.2, 0.25) is 0 Å². The molecule has 0 fully saturated rings. The Bertz CT molecular complexity index is 608. The zero-order valence-electron chi connectivity index (χ0n) is 11.9. The molecule has 1 nitrogen and oxygen atoms in total. The fraction of sp³-hybridized carbons (Fsp3) is 0.294. The van der Waals surface area contributed by atoms with E-state index >= 15 is 0 Å². The number of aryl methyl sites for hydroxylation is 2. The Morgan fingerprint density at radius 3 is 2.55 bits per heavy atom. The molecule has 0 aliphatic carbocycles. The molecule has 0 saturated carbocycles. The summed E-state index contributed by atoms with van der Waals surface area (Å²) in [7, 11) is 1.70. The summed E-state index contributed by atoms with van der Waals surface area (Å²) >= 11 is 7.43. The first-order chi connectivity index (χ1) is 9.51. The van der Waals surface area contributed by atoms with Gasteiger partial charge in [0.1, 0.15) is 5.75 Å². The fourth-order valence-electron chi connectivity index (χ4n) is 2.21.